The molecule has 4 nitrogen and oxygen atoms in total. The van der Waals surface area contributed by atoms with E-state index in [0.717, 1.165) is 11.3 Å². The lowest BCUT2D eigenvalue weighted by atomic mass is 10.2. The van der Waals surface area contributed by atoms with Gasteiger partial charge >= 0.3 is 0 Å². The molecule has 0 unspecified atom stereocenters. The molecule has 0 saturated carbocycles. The summed E-state index contributed by atoms with van der Waals surface area (Å²) in [5.41, 5.74) is 1.39. The SMILES string of the molecule is CCOc1cccc(-c2nc(CO)c(Cl)n2C)c1. The molecule has 0 bridgehead atoms. The number of hydrogen-bond donors (Lipinski definition) is 1. The van der Waals surface area contributed by atoms with E-state index in [1.807, 2.05) is 38.2 Å². The van der Waals surface area contributed by atoms with Crippen molar-refractivity contribution in [2.75, 3.05) is 6.61 Å². The van der Waals surface area contributed by atoms with Crippen LogP contribution in [-0.2, 0) is 13.7 Å². The molecule has 0 aliphatic heterocycles. The van der Waals surface area contributed by atoms with E-state index in [0.29, 0.717) is 23.3 Å². The fraction of sp³-hybridized carbons (Fsp3) is 0.308. The Labute approximate surface area is 111 Å². The van der Waals surface area contributed by atoms with Gasteiger partial charge in [-0.15, -0.1) is 0 Å². The van der Waals surface area contributed by atoms with Crippen LogP contribution in [0, 0.1) is 0 Å². The predicted molar refractivity (Wildman–Crippen MR) is 70.7 cm³/mol. The molecule has 18 heavy (non-hydrogen) atoms. The highest BCUT2D eigenvalue weighted by atomic mass is 35.5. The Morgan fingerprint density at radius 1 is 1.44 bits per heavy atom. The normalized spacial score (nSPS) is 10.7. The molecule has 0 atom stereocenters. The smallest absolute Gasteiger partial charge is 0.141 e. The van der Waals surface area contributed by atoms with Crippen molar-refractivity contribution in [3.05, 3.63) is 35.1 Å². The van der Waals surface area contributed by atoms with Crippen molar-refractivity contribution >= 4 is 11.6 Å². The van der Waals surface area contributed by atoms with Crippen molar-refractivity contribution < 1.29 is 9.84 Å². The summed E-state index contributed by atoms with van der Waals surface area (Å²) in [4.78, 5) is 4.32. The maximum Gasteiger partial charge on any atom is 0.141 e. The summed E-state index contributed by atoms with van der Waals surface area (Å²) in [7, 11) is 1.82. The fourth-order valence-electron chi connectivity index (χ4n) is 1.79. The second-order valence-corrected chi connectivity index (χ2v) is 4.21. The Balaban J connectivity index is 2.45. The Morgan fingerprint density at radius 3 is 2.83 bits per heavy atom. The first-order valence-electron chi connectivity index (χ1n) is 5.72. The zero-order valence-corrected chi connectivity index (χ0v) is 11.1. The third kappa shape index (κ3) is 2.35. The first-order chi connectivity index (χ1) is 8.67. The number of aliphatic hydroxyl groups excluding tert-OH is 1. The van der Waals surface area contributed by atoms with Crippen molar-refractivity contribution in [1.29, 1.82) is 0 Å². The number of aliphatic hydroxyl groups is 1. The van der Waals surface area contributed by atoms with Gasteiger partial charge in [0, 0.05) is 12.6 Å². The van der Waals surface area contributed by atoms with Gasteiger partial charge in [0.2, 0.25) is 0 Å². The van der Waals surface area contributed by atoms with Crippen molar-refractivity contribution in [3.63, 3.8) is 0 Å². The first kappa shape index (κ1) is 12.9. The molecule has 0 radical (unpaired) electrons. The lowest BCUT2D eigenvalue weighted by Crippen LogP contribution is -1.95. The summed E-state index contributed by atoms with van der Waals surface area (Å²) in [6.45, 7) is 2.39. The fourth-order valence-corrected chi connectivity index (χ4v) is 1.97. The van der Waals surface area contributed by atoms with Gasteiger partial charge in [-0.3, -0.25) is 0 Å². The van der Waals surface area contributed by atoms with E-state index in [-0.39, 0.29) is 6.61 Å². The van der Waals surface area contributed by atoms with E-state index in [1.165, 1.54) is 0 Å². The number of ether oxygens (including phenoxy) is 1. The number of aromatic nitrogens is 2. The topological polar surface area (TPSA) is 47.3 Å². The van der Waals surface area contributed by atoms with E-state index >= 15 is 0 Å². The van der Waals surface area contributed by atoms with Crippen LogP contribution in [-0.4, -0.2) is 21.3 Å². The van der Waals surface area contributed by atoms with Gasteiger partial charge in [0.25, 0.3) is 0 Å². The summed E-state index contributed by atoms with van der Waals surface area (Å²) < 4.78 is 7.20. The minimum atomic E-state index is -0.169. The van der Waals surface area contributed by atoms with Crippen LogP contribution in [0.15, 0.2) is 24.3 Å². The number of halogens is 1. The average Bonchev–Trinajstić information content (AvgIpc) is 2.67. The molecule has 0 spiro atoms. The standard InChI is InChI=1S/C13H15ClN2O2/c1-3-18-10-6-4-5-9(7-10)13-15-11(8-17)12(14)16(13)2/h4-7,17H,3,8H2,1-2H3. The van der Waals surface area contributed by atoms with Gasteiger partial charge in [-0.1, -0.05) is 23.7 Å². The predicted octanol–water partition coefficient (Wildman–Crippen LogP) is 2.63. The van der Waals surface area contributed by atoms with E-state index in [4.69, 9.17) is 21.4 Å². The number of hydrogen-bond acceptors (Lipinski definition) is 3. The Hall–Kier alpha value is -1.52. The molecule has 2 aromatic rings. The third-order valence-corrected chi connectivity index (χ3v) is 3.12. The molecule has 1 aromatic carbocycles. The Kier molecular flexibility index (Phi) is 3.89. The van der Waals surface area contributed by atoms with Crippen LogP contribution in [0.25, 0.3) is 11.4 Å². The quantitative estimate of drug-likeness (QED) is 0.925. The van der Waals surface area contributed by atoms with Gasteiger partial charge in [-0.2, -0.15) is 0 Å². The molecule has 1 N–H and O–H groups in total. The Bertz CT molecular complexity index is 552. The first-order valence-corrected chi connectivity index (χ1v) is 6.10. The van der Waals surface area contributed by atoms with Crippen LogP contribution in [0.3, 0.4) is 0 Å². The lowest BCUT2D eigenvalue weighted by molar-refractivity contribution is 0.277. The summed E-state index contributed by atoms with van der Waals surface area (Å²) in [5.74, 6) is 1.50. The van der Waals surface area contributed by atoms with Gasteiger partial charge in [0.05, 0.1) is 13.2 Å². The minimum Gasteiger partial charge on any atom is -0.494 e. The molecule has 0 fully saturated rings. The highest BCUT2D eigenvalue weighted by Crippen LogP contribution is 2.27. The van der Waals surface area contributed by atoms with Crippen molar-refractivity contribution in [2.24, 2.45) is 7.05 Å². The largest absolute Gasteiger partial charge is 0.494 e. The van der Waals surface area contributed by atoms with Crippen LogP contribution in [0.1, 0.15) is 12.6 Å². The highest BCUT2D eigenvalue weighted by Gasteiger charge is 2.13. The summed E-state index contributed by atoms with van der Waals surface area (Å²) in [5, 5.41) is 9.61. The van der Waals surface area contributed by atoms with E-state index in [2.05, 4.69) is 4.98 Å². The molecule has 0 aliphatic carbocycles. The maximum atomic E-state index is 9.16. The molecule has 96 valence electrons. The zero-order chi connectivity index (χ0) is 13.1. The van der Waals surface area contributed by atoms with Crippen LogP contribution in [0.4, 0.5) is 0 Å². The van der Waals surface area contributed by atoms with Gasteiger partial charge in [0.1, 0.15) is 22.4 Å². The van der Waals surface area contributed by atoms with Crippen LogP contribution >= 0.6 is 11.6 Å². The highest BCUT2D eigenvalue weighted by molar-refractivity contribution is 6.30. The van der Waals surface area contributed by atoms with E-state index in [1.54, 1.807) is 4.57 Å². The van der Waals surface area contributed by atoms with Gasteiger partial charge < -0.3 is 14.4 Å². The molecular weight excluding hydrogens is 252 g/mol. The zero-order valence-electron chi connectivity index (χ0n) is 10.4. The molecule has 0 saturated heterocycles. The van der Waals surface area contributed by atoms with Gasteiger partial charge in [0.15, 0.2) is 0 Å². The number of benzene rings is 1. The van der Waals surface area contributed by atoms with E-state index < -0.39 is 0 Å². The molecule has 5 heteroatoms. The second kappa shape index (κ2) is 5.42. The van der Waals surface area contributed by atoms with Gasteiger partial charge in [-0.25, -0.2) is 4.98 Å². The molecule has 1 aromatic heterocycles. The molecular formula is C13H15ClN2O2. The van der Waals surface area contributed by atoms with Crippen molar-refractivity contribution in [3.8, 4) is 17.1 Å². The molecule has 2 rings (SSSR count). The Morgan fingerprint density at radius 2 is 2.22 bits per heavy atom. The van der Waals surface area contributed by atoms with E-state index in [9.17, 15) is 0 Å². The number of rotatable bonds is 4. The minimum absolute atomic E-state index is 0.169. The third-order valence-electron chi connectivity index (χ3n) is 2.64. The second-order valence-electron chi connectivity index (χ2n) is 3.85. The van der Waals surface area contributed by atoms with Crippen molar-refractivity contribution in [2.45, 2.75) is 13.5 Å². The lowest BCUT2D eigenvalue weighted by Gasteiger charge is -2.06. The summed E-state index contributed by atoms with van der Waals surface area (Å²) in [6, 6.07) is 7.64. The molecule has 1 heterocycles. The van der Waals surface area contributed by atoms with Crippen LogP contribution in [0.2, 0.25) is 5.15 Å². The monoisotopic (exact) mass is 266 g/mol. The van der Waals surface area contributed by atoms with Crippen LogP contribution in [0.5, 0.6) is 5.75 Å². The molecule has 0 aliphatic rings. The van der Waals surface area contributed by atoms with Gasteiger partial charge in [-0.05, 0) is 19.1 Å². The molecule has 0 amide bonds. The van der Waals surface area contributed by atoms with Crippen molar-refractivity contribution in [1.82, 2.24) is 9.55 Å². The summed E-state index contributed by atoms with van der Waals surface area (Å²) in [6.07, 6.45) is 0. The number of imidazole rings is 1. The average molecular weight is 267 g/mol. The maximum absolute atomic E-state index is 9.16. The number of nitrogens with zero attached hydrogens (tertiary/aromatic N) is 2. The summed E-state index contributed by atoms with van der Waals surface area (Å²) >= 11 is 6.07. The van der Waals surface area contributed by atoms with Crippen LogP contribution < -0.4 is 4.74 Å².